The van der Waals surface area contributed by atoms with Crippen LogP contribution in [0.25, 0.3) is 10.9 Å². The standard InChI is InChI=1S/C11H11ClN2O2/c1-15-9-4-6-3-7(13)11(12)14-8(6)5-10(9)16-2/h3-5H,13H2,1-2H3. The van der Waals surface area contributed by atoms with Gasteiger partial charge in [0.05, 0.1) is 25.4 Å². The second-order valence-electron chi connectivity index (χ2n) is 3.27. The van der Waals surface area contributed by atoms with Crippen LogP contribution in [0.4, 0.5) is 5.69 Å². The second-order valence-corrected chi connectivity index (χ2v) is 3.63. The number of aromatic nitrogens is 1. The Hall–Kier alpha value is -1.68. The molecule has 0 fully saturated rings. The lowest BCUT2D eigenvalue weighted by Crippen LogP contribution is -1.94. The number of halogens is 1. The highest BCUT2D eigenvalue weighted by Crippen LogP contribution is 2.33. The molecule has 1 aromatic carbocycles. The molecule has 0 unspecified atom stereocenters. The number of ether oxygens (including phenoxy) is 2. The molecule has 0 radical (unpaired) electrons. The molecule has 2 rings (SSSR count). The summed E-state index contributed by atoms with van der Waals surface area (Å²) in [6, 6.07) is 5.33. The Kier molecular flexibility index (Phi) is 2.75. The van der Waals surface area contributed by atoms with Crippen LogP contribution in [0.5, 0.6) is 11.5 Å². The van der Waals surface area contributed by atoms with Crippen molar-refractivity contribution in [2.45, 2.75) is 0 Å². The minimum Gasteiger partial charge on any atom is -0.493 e. The van der Waals surface area contributed by atoms with Crippen molar-refractivity contribution in [3.63, 3.8) is 0 Å². The minimum atomic E-state index is 0.291. The second kappa shape index (κ2) is 4.06. The van der Waals surface area contributed by atoms with Crippen LogP contribution < -0.4 is 15.2 Å². The fourth-order valence-corrected chi connectivity index (χ4v) is 1.64. The normalized spacial score (nSPS) is 10.4. The zero-order chi connectivity index (χ0) is 11.7. The summed E-state index contributed by atoms with van der Waals surface area (Å²) in [7, 11) is 3.15. The molecule has 84 valence electrons. The van der Waals surface area contributed by atoms with E-state index in [-0.39, 0.29) is 0 Å². The van der Waals surface area contributed by atoms with Crippen LogP contribution in [0, 0.1) is 0 Å². The highest BCUT2D eigenvalue weighted by molar-refractivity contribution is 6.32. The molecule has 2 aromatic rings. The molecular formula is C11H11ClN2O2. The van der Waals surface area contributed by atoms with Crippen LogP contribution in [0.2, 0.25) is 5.15 Å². The largest absolute Gasteiger partial charge is 0.493 e. The zero-order valence-corrected chi connectivity index (χ0v) is 9.71. The van der Waals surface area contributed by atoms with Gasteiger partial charge in [0.25, 0.3) is 0 Å². The van der Waals surface area contributed by atoms with Crippen LogP contribution in [0.3, 0.4) is 0 Å². The Bertz CT molecular complexity index is 494. The molecule has 16 heavy (non-hydrogen) atoms. The molecule has 0 amide bonds. The number of pyridine rings is 1. The third-order valence-corrected chi connectivity index (χ3v) is 2.60. The molecule has 0 aliphatic rings. The van der Waals surface area contributed by atoms with Crippen molar-refractivity contribution in [3.05, 3.63) is 23.4 Å². The maximum absolute atomic E-state index is 5.85. The molecule has 1 heterocycles. The van der Waals surface area contributed by atoms with Gasteiger partial charge in [0.15, 0.2) is 16.7 Å². The Morgan fingerprint density at radius 3 is 2.38 bits per heavy atom. The van der Waals surface area contributed by atoms with Gasteiger partial charge in [-0.25, -0.2) is 4.98 Å². The van der Waals surface area contributed by atoms with Gasteiger partial charge < -0.3 is 15.2 Å². The van der Waals surface area contributed by atoms with Gasteiger partial charge in [-0.3, -0.25) is 0 Å². The Labute approximate surface area is 97.9 Å². The van der Waals surface area contributed by atoms with E-state index in [0.717, 1.165) is 10.9 Å². The number of nitrogen functional groups attached to an aromatic ring is 1. The van der Waals surface area contributed by atoms with Gasteiger partial charge in [-0.1, -0.05) is 11.6 Å². The summed E-state index contributed by atoms with van der Waals surface area (Å²) in [6.07, 6.45) is 0. The van der Waals surface area contributed by atoms with E-state index < -0.39 is 0 Å². The summed E-state index contributed by atoms with van der Waals surface area (Å²) < 4.78 is 10.4. The first-order valence-corrected chi connectivity index (χ1v) is 5.01. The van der Waals surface area contributed by atoms with Crippen molar-refractivity contribution in [1.29, 1.82) is 0 Å². The van der Waals surface area contributed by atoms with Crippen molar-refractivity contribution in [1.82, 2.24) is 4.98 Å². The van der Waals surface area contributed by atoms with Gasteiger partial charge in [0.1, 0.15) is 0 Å². The summed E-state index contributed by atoms with van der Waals surface area (Å²) in [6.45, 7) is 0. The molecule has 0 saturated heterocycles. The fourth-order valence-electron chi connectivity index (χ4n) is 1.49. The number of nitrogens with zero attached hydrogens (tertiary/aromatic N) is 1. The summed E-state index contributed by atoms with van der Waals surface area (Å²) in [5.41, 5.74) is 6.85. The average molecular weight is 239 g/mol. The lowest BCUT2D eigenvalue weighted by Gasteiger charge is -2.09. The molecular weight excluding hydrogens is 228 g/mol. The minimum absolute atomic E-state index is 0.291. The van der Waals surface area contributed by atoms with E-state index in [2.05, 4.69) is 4.98 Å². The molecule has 5 heteroatoms. The number of hydrogen-bond donors (Lipinski definition) is 1. The molecule has 2 N–H and O–H groups in total. The number of methoxy groups -OCH3 is 2. The first kappa shape index (κ1) is 10.8. The lowest BCUT2D eigenvalue weighted by atomic mass is 10.2. The van der Waals surface area contributed by atoms with Crippen LogP contribution in [-0.4, -0.2) is 19.2 Å². The van der Waals surface area contributed by atoms with E-state index in [1.807, 2.05) is 6.07 Å². The highest BCUT2D eigenvalue weighted by atomic mass is 35.5. The molecule has 0 atom stereocenters. The van der Waals surface area contributed by atoms with E-state index in [1.165, 1.54) is 0 Å². The summed E-state index contributed by atoms with van der Waals surface area (Å²) in [5, 5.41) is 1.15. The van der Waals surface area contributed by atoms with Crippen LogP contribution in [-0.2, 0) is 0 Å². The SMILES string of the molecule is COc1cc2cc(N)c(Cl)nc2cc1OC. The molecule has 4 nitrogen and oxygen atoms in total. The molecule has 0 spiro atoms. The maximum Gasteiger partial charge on any atom is 0.162 e. The first-order chi connectivity index (χ1) is 7.65. The summed E-state index contributed by atoms with van der Waals surface area (Å²) in [5.74, 6) is 1.25. The first-order valence-electron chi connectivity index (χ1n) is 4.63. The van der Waals surface area contributed by atoms with E-state index in [9.17, 15) is 0 Å². The third kappa shape index (κ3) is 1.72. The van der Waals surface area contributed by atoms with E-state index in [1.54, 1.807) is 26.4 Å². The fraction of sp³-hybridized carbons (Fsp3) is 0.182. The van der Waals surface area contributed by atoms with Crippen molar-refractivity contribution >= 4 is 28.2 Å². The number of fused-ring (bicyclic) bond motifs is 1. The van der Waals surface area contributed by atoms with Crippen molar-refractivity contribution in [2.75, 3.05) is 20.0 Å². The monoisotopic (exact) mass is 238 g/mol. The molecule has 0 aliphatic carbocycles. The summed E-state index contributed by atoms with van der Waals surface area (Å²) >= 11 is 5.85. The smallest absolute Gasteiger partial charge is 0.162 e. The molecule has 0 aliphatic heterocycles. The molecule has 1 aromatic heterocycles. The van der Waals surface area contributed by atoms with Gasteiger partial charge >= 0.3 is 0 Å². The van der Waals surface area contributed by atoms with Gasteiger partial charge in [-0.05, 0) is 12.1 Å². The predicted octanol–water partition coefficient (Wildman–Crippen LogP) is 2.49. The van der Waals surface area contributed by atoms with Crippen molar-refractivity contribution in [2.24, 2.45) is 0 Å². The van der Waals surface area contributed by atoms with Crippen molar-refractivity contribution < 1.29 is 9.47 Å². The number of anilines is 1. The Morgan fingerprint density at radius 1 is 1.12 bits per heavy atom. The van der Waals surface area contributed by atoms with E-state index in [0.29, 0.717) is 22.3 Å². The number of benzene rings is 1. The number of nitrogens with two attached hydrogens (primary N) is 1. The maximum atomic E-state index is 5.85. The molecule has 0 saturated carbocycles. The summed E-state index contributed by atoms with van der Waals surface area (Å²) in [4.78, 5) is 4.16. The van der Waals surface area contributed by atoms with Gasteiger partial charge in [0.2, 0.25) is 0 Å². The number of rotatable bonds is 2. The quantitative estimate of drug-likeness (QED) is 0.817. The third-order valence-electron chi connectivity index (χ3n) is 2.30. The Morgan fingerprint density at radius 2 is 1.75 bits per heavy atom. The topological polar surface area (TPSA) is 57.4 Å². The lowest BCUT2D eigenvalue weighted by molar-refractivity contribution is 0.356. The van der Waals surface area contributed by atoms with Crippen LogP contribution >= 0.6 is 11.6 Å². The van der Waals surface area contributed by atoms with Gasteiger partial charge in [0, 0.05) is 11.5 Å². The van der Waals surface area contributed by atoms with Crippen molar-refractivity contribution in [3.8, 4) is 11.5 Å². The predicted molar refractivity (Wildman–Crippen MR) is 64.3 cm³/mol. The molecule has 0 bridgehead atoms. The van der Waals surface area contributed by atoms with Gasteiger partial charge in [-0.15, -0.1) is 0 Å². The average Bonchev–Trinajstić information content (AvgIpc) is 2.29. The van der Waals surface area contributed by atoms with E-state index in [4.69, 9.17) is 26.8 Å². The zero-order valence-electron chi connectivity index (χ0n) is 8.95. The number of hydrogen-bond acceptors (Lipinski definition) is 4. The van der Waals surface area contributed by atoms with Crippen LogP contribution in [0.15, 0.2) is 18.2 Å². The van der Waals surface area contributed by atoms with E-state index >= 15 is 0 Å². The van der Waals surface area contributed by atoms with Crippen LogP contribution in [0.1, 0.15) is 0 Å². The Balaban J connectivity index is 2.73. The highest BCUT2D eigenvalue weighted by Gasteiger charge is 2.08. The van der Waals surface area contributed by atoms with Gasteiger partial charge in [-0.2, -0.15) is 0 Å².